The maximum Gasteiger partial charge on any atom is 0.270 e. The number of fused-ring (bicyclic) bond motifs is 1. The molecule has 0 spiro atoms. The fourth-order valence-electron chi connectivity index (χ4n) is 4.52. The van der Waals surface area contributed by atoms with Gasteiger partial charge in [-0.1, -0.05) is 25.1 Å². The number of benzene rings is 2. The highest BCUT2D eigenvalue weighted by Crippen LogP contribution is 2.28. The summed E-state index contributed by atoms with van der Waals surface area (Å²) in [5.74, 6) is 1.56. The van der Waals surface area contributed by atoms with E-state index in [1.807, 2.05) is 60.4 Å². The van der Waals surface area contributed by atoms with Gasteiger partial charge in [0.05, 0.1) is 14.2 Å². The molecular weight excluding hydrogens is 418 g/mol. The monoisotopic (exact) mass is 449 g/mol. The predicted molar refractivity (Wildman–Crippen MR) is 127 cm³/mol. The zero-order valence-electron chi connectivity index (χ0n) is 19.4. The van der Waals surface area contributed by atoms with E-state index >= 15 is 0 Å². The summed E-state index contributed by atoms with van der Waals surface area (Å²) in [6.45, 7) is 3.68. The highest BCUT2D eigenvalue weighted by atomic mass is 16.5. The number of nitrogens with zero attached hydrogens (tertiary/aromatic N) is 1. The van der Waals surface area contributed by atoms with Crippen LogP contribution in [0.15, 0.2) is 48.5 Å². The Hall–Kier alpha value is -3.48. The van der Waals surface area contributed by atoms with E-state index in [1.54, 1.807) is 14.2 Å². The minimum absolute atomic E-state index is 0.0215. The highest BCUT2D eigenvalue weighted by Gasteiger charge is 2.30. The number of likely N-dealkylation sites (tertiary alicyclic amines) is 1. The second-order valence-corrected chi connectivity index (χ2v) is 8.58. The number of amides is 2. The normalized spacial score (nSPS) is 15.3. The Morgan fingerprint density at radius 3 is 2.55 bits per heavy atom. The third kappa shape index (κ3) is 4.97. The zero-order chi connectivity index (χ0) is 23.4. The Labute approximate surface area is 194 Å². The quantitative estimate of drug-likeness (QED) is 0.571. The van der Waals surface area contributed by atoms with Crippen LogP contribution < -0.4 is 14.8 Å². The summed E-state index contributed by atoms with van der Waals surface area (Å²) in [6.07, 6.45) is 1.62. The van der Waals surface area contributed by atoms with Gasteiger partial charge >= 0.3 is 0 Å². The van der Waals surface area contributed by atoms with E-state index in [1.165, 1.54) is 0 Å². The van der Waals surface area contributed by atoms with Gasteiger partial charge in [-0.05, 0) is 43.0 Å². The molecule has 2 heterocycles. The lowest BCUT2D eigenvalue weighted by Crippen LogP contribution is -2.42. The van der Waals surface area contributed by atoms with Gasteiger partial charge in [0.2, 0.25) is 5.91 Å². The number of hydrogen-bond donors (Lipinski definition) is 2. The summed E-state index contributed by atoms with van der Waals surface area (Å²) >= 11 is 0. The topological polar surface area (TPSA) is 83.7 Å². The fraction of sp³-hybridized carbons (Fsp3) is 0.385. The minimum atomic E-state index is -0.125. The summed E-state index contributed by atoms with van der Waals surface area (Å²) in [6, 6.07) is 15.4. The summed E-state index contributed by atoms with van der Waals surface area (Å²) in [7, 11) is 3.21. The SMILES string of the molecule is COc1ccc(CNC(=O)C(C)C2CCN(C(=O)c3cc4ccccc4[nH]3)CC2)c(OC)c1. The van der Waals surface area contributed by atoms with Crippen molar-refractivity contribution in [1.82, 2.24) is 15.2 Å². The van der Waals surface area contributed by atoms with Crippen LogP contribution in [0.5, 0.6) is 11.5 Å². The third-order valence-corrected chi connectivity index (χ3v) is 6.66. The molecule has 0 bridgehead atoms. The van der Waals surface area contributed by atoms with Gasteiger partial charge in [0.25, 0.3) is 5.91 Å². The van der Waals surface area contributed by atoms with E-state index in [0.29, 0.717) is 36.8 Å². The van der Waals surface area contributed by atoms with Crippen LogP contribution in [0.25, 0.3) is 10.9 Å². The summed E-state index contributed by atoms with van der Waals surface area (Å²) in [5.41, 5.74) is 2.49. The van der Waals surface area contributed by atoms with Crippen molar-refractivity contribution in [2.75, 3.05) is 27.3 Å². The van der Waals surface area contributed by atoms with Crippen LogP contribution in [-0.2, 0) is 11.3 Å². The van der Waals surface area contributed by atoms with Crippen molar-refractivity contribution in [2.24, 2.45) is 11.8 Å². The summed E-state index contributed by atoms with van der Waals surface area (Å²) in [4.78, 5) is 30.9. The standard InChI is InChI=1S/C26H31N3O4/c1-17(25(30)27-16-20-8-9-21(32-2)15-24(20)33-3)18-10-12-29(13-11-18)26(31)23-14-19-6-4-5-7-22(19)28-23/h4-9,14-15,17-18,28H,10-13,16H2,1-3H3,(H,27,30). The number of carbonyl (C=O) groups is 2. The van der Waals surface area contributed by atoms with Crippen molar-refractivity contribution >= 4 is 22.7 Å². The van der Waals surface area contributed by atoms with Crippen molar-refractivity contribution in [3.8, 4) is 11.5 Å². The van der Waals surface area contributed by atoms with Crippen molar-refractivity contribution in [3.05, 3.63) is 59.8 Å². The second-order valence-electron chi connectivity index (χ2n) is 8.58. The van der Waals surface area contributed by atoms with Gasteiger partial charge < -0.3 is 24.7 Å². The maximum absolute atomic E-state index is 12.9. The van der Waals surface area contributed by atoms with Gasteiger partial charge in [-0.15, -0.1) is 0 Å². The lowest BCUT2D eigenvalue weighted by Gasteiger charge is -2.34. The van der Waals surface area contributed by atoms with Crippen LogP contribution in [0.4, 0.5) is 0 Å². The molecule has 2 aromatic carbocycles. The Kier molecular flexibility index (Phi) is 6.87. The molecule has 7 nitrogen and oxygen atoms in total. The van der Waals surface area contributed by atoms with E-state index in [9.17, 15) is 9.59 Å². The Morgan fingerprint density at radius 1 is 1.09 bits per heavy atom. The largest absolute Gasteiger partial charge is 0.497 e. The molecule has 2 amide bonds. The third-order valence-electron chi connectivity index (χ3n) is 6.66. The first kappa shape index (κ1) is 22.7. The van der Waals surface area contributed by atoms with Crippen molar-refractivity contribution in [2.45, 2.75) is 26.3 Å². The van der Waals surface area contributed by atoms with Crippen LogP contribution in [0.1, 0.15) is 35.8 Å². The fourth-order valence-corrected chi connectivity index (χ4v) is 4.52. The first-order chi connectivity index (χ1) is 16.0. The van der Waals surface area contributed by atoms with E-state index in [-0.39, 0.29) is 23.7 Å². The lowest BCUT2D eigenvalue weighted by molar-refractivity contribution is -0.126. The molecule has 1 unspecified atom stereocenters. The maximum atomic E-state index is 12.9. The van der Waals surface area contributed by atoms with E-state index in [4.69, 9.17) is 9.47 Å². The number of rotatable bonds is 7. The number of methoxy groups -OCH3 is 2. The Morgan fingerprint density at radius 2 is 1.85 bits per heavy atom. The number of nitrogens with one attached hydrogen (secondary N) is 2. The number of hydrogen-bond acceptors (Lipinski definition) is 4. The van der Waals surface area contributed by atoms with Crippen molar-refractivity contribution < 1.29 is 19.1 Å². The van der Waals surface area contributed by atoms with Crippen LogP contribution in [0, 0.1) is 11.8 Å². The summed E-state index contributed by atoms with van der Waals surface area (Å²) < 4.78 is 10.6. The van der Waals surface area contributed by atoms with Gasteiger partial charge in [-0.2, -0.15) is 0 Å². The van der Waals surface area contributed by atoms with Gasteiger partial charge in [-0.25, -0.2) is 0 Å². The zero-order valence-corrected chi connectivity index (χ0v) is 19.4. The number of piperidine rings is 1. The number of ether oxygens (including phenoxy) is 2. The first-order valence-corrected chi connectivity index (χ1v) is 11.4. The van der Waals surface area contributed by atoms with Crippen LogP contribution in [0.3, 0.4) is 0 Å². The highest BCUT2D eigenvalue weighted by molar-refractivity contribution is 5.98. The van der Waals surface area contributed by atoms with Gasteiger partial charge in [-0.3, -0.25) is 9.59 Å². The van der Waals surface area contributed by atoms with Gasteiger partial charge in [0.1, 0.15) is 17.2 Å². The van der Waals surface area contributed by atoms with Crippen molar-refractivity contribution in [3.63, 3.8) is 0 Å². The molecule has 3 aromatic rings. The number of aromatic nitrogens is 1. The predicted octanol–water partition coefficient (Wildman–Crippen LogP) is 3.99. The minimum Gasteiger partial charge on any atom is -0.497 e. The van der Waals surface area contributed by atoms with Crippen molar-refractivity contribution in [1.29, 1.82) is 0 Å². The summed E-state index contributed by atoms with van der Waals surface area (Å²) in [5, 5.41) is 4.07. The molecule has 0 radical (unpaired) electrons. The van der Waals surface area contributed by atoms with E-state index in [0.717, 1.165) is 29.3 Å². The Balaban J connectivity index is 1.30. The average Bonchev–Trinajstić information content (AvgIpc) is 3.30. The molecule has 1 fully saturated rings. The molecule has 33 heavy (non-hydrogen) atoms. The molecule has 0 saturated carbocycles. The van der Waals surface area contributed by atoms with Crippen LogP contribution in [0.2, 0.25) is 0 Å². The first-order valence-electron chi connectivity index (χ1n) is 11.4. The molecule has 1 atom stereocenters. The van der Waals surface area contributed by atoms with Crippen LogP contribution in [-0.4, -0.2) is 49.0 Å². The van der Waals surface area contributed by atoms with E-state index in [2.05, 4.69) is 10.3 Å². The number of H-pyrrole nitrogens is 1. The second kappa shape index (κ2) is 9.98. The van der Waals surface area contributed by atoms with Crippen LogP contribution >= 0.6 is 0 Å². The van der Waals surface area contributed by atoms with Gasteiger partial charge in [0.15, 0.2) is 0 Å². The molecule has 2 N–H and O–H groups in total. The molecule has 1 aliphatic heterocycles. The molecule has 7 heteroatoms. The number of aromatic amines is 1. The van der Waals surface area contributed by atoms with E-state index < -0.39 is 0 Å². The molecule has 1 aliphatic rings. The smallest absolute Gasteiger partial charge is 0.270 e. The average molecular weight is 450 g/mol. The molecule has 0 aliphatic carbocycles. The molecular formula is C26H31N3O4. The molecule has 174 valence electrons. The molecule has 4 rings (SSSR count). The lowest BCUT2D eigenvalue weighted by atomic mass is 9.84. The Bertz CT molecular complexity index is 1100. The number of carbonyl (C=O) groups excluding carboxylic acids is 2. The van der Waals surface area contributed by atoms with Gasteiger partial charge in [0, 0.05) is 48.1 Å². The molecule has 1 aromatic heterocycles. The molecule has 1 saturated heterocycles. The number of para-hydroxylation sites is 1.